The second-order valence-corrected chi connectivity index (χ2v) is 7.14. The Morgan fingerprint density at radius 1 is 1.20 bits per heavy atom. The molecule has 1 saturated carbocycles. The minimum absolute atomic E-state index is 0.00499. The summed E-state index contributed by atoms with van der Waals surface area (Å²) in [6.45, 7) is 2.84. The zero-order chi connectivity index (χ0) is 17.8. The van der Waals surface area contributed by atoms with Crippen molar-refractivity contribution in [2.75, 3.05) is 26.9 Å². The van der Waals surface area contributed by atoms with Crippen LogP contribution in [-0.2, 0) is 14.3 Å². The average molecular weight is 355 g/mol. The smallest absolute Gasteiger partial charge is 0.308 e. The van der Waals surface area contributed by atoms with E-state index in [0.29, 0.717) is 19.3 Å². The molecule has 2 saturated heterocycles. The maximum atomic E-state index is 12.6. The van der Waals surface area contributed by atoms with Crippen LogP contribution in [0.15, 0.2) is 0 Å². The third-order valence-corrected chi connectivity index (χ3v) is 5.58. The molecule has 5 atom stereocenters. The van der Waals surface area contributed by atoms with Gasteiger partial charge in [0.15, 0.2) is 0 Å². The normalized spacial score (nSPS) is 36.9. The zero-order valence-electron chi connectivity index (χ0n) is 14.7. The molecule has 3 rings (SSSR count). The lowest BCUT2D eigenvalue weighted by molar-refractivity contribution is -0.145. The zero-order valence-corrected chi connectivity index (χ0v) is 14.7. The number of carbonyl (C=O) groups excluding carboxylic acids is 1. The minimum Gasteiger partial charge on any atom is -0.481 e. The molecule has 0 bridgehead atoms. The molecule has 0 aromatic heterocycles. The molecule has 142 valence electrons. The SMILES string of the molecule is COC1CCC(C(=O)O)C(NC(=O)C2CCC(N3CCNC3)NN2)C1. The second-order valence-electron chi connectivity index (χ2n) is 7.14. The lowest BCUT2D eigenvalue weighted by Gasteiger charge is -2.37. The molecule has 0 aromatic carbocycles. The van der Waals surface area contributed by atoms with Crippen LogP contribution in [0.2, 0.25) is 0 Å². The average Bonchev–Trinajstić information content (AvgIpc) is 3.16. The molecule has 2 heterocycles. The van der Waals surface area contributed by atoms with E-state index in [1.165, 1.54) is 0 Å². The van der Waals surface area contributed by atoms with Crippen LogP contribution in [0.5, 0.6) is 0 Å². The molecular formula is C16H29N5O4. The summed E-state index contributed by atoms with van der Waals surface area (Å²) >= 11 is 0. The monoisotopic (exact) mass is 355 g/mol. The molecule has 9 heteroatoms. The number of carbonyl (C=O) groups is 2. The molecule has 25 heavy (non-hydrogen) atoms. The number of carboxylic acids is 1. The minimum atomic E-state index is -0.851. The largest absolute Gasteiger partial charge is 0.481 e. The molecule has 5 N–H and O–H groups in total. The molecule has 3 fully saturated rings. The Balaban J connectivity index is 1.51. The summed E-state index contributed by atoms with van der Waals surface area (Å²) < 4.78 is 5.36. The van der Waals surface area contributed by atoms with Crippen LogP contribution < -0.4 is 21.5 Å². The van der Waals surface area contributed by atoms with Gasteiger partial charge in [0.2, 0.25) is 5.91 Å². The van der Waals surface area contributed by atoms with Crippen LogP contribution >= 0.6 is 0 Å². The van der Waals surface area contributed by atoms with Crippen molar-refractivity contribution >= 4 is 11.9 Å². The Bertz CT molecular complexity index is 477. The van der Waals surface area contributed by atoms with Gasteiger partial charge in [0.1, 0.15) is 6.04 Å². The van der Waals surface area contributed by atoms with Crippen LogP contribution in [-0.4, -0.2) is 73.1 Å². The molecule has 0 radical (unpaired) electrons. The van der Waals surface area contributed by atoms with E-state index in [9.17, 15) is 14.7 Å². The van der Waals surface area contributed by atoms with E-state index in [-0.39, 0.29) is 30.3 Å². The van der Waals surface area contributed by atoms with E-state index < -0.39 is 11.9 Å². The quantitative estimate of drug-likeness (QED) is 0.419. The number of hydrogen-bond donors (Lipinski definition) is 5. The fourth-order valence-corrected chi connectivity index (χ4v) is 4.01. The Morgan fingerprint density at radius 3 is 2.64 bits per heavy atom. The number of hydrazine groups is 1. The summed E-state index contributed by atoms with van der Waals surface area (Å²) in [4.78, 5) is 26.4. The highest BCUT2D eigenvalue weighted by molar-refractivity contribution is 5.83. The van der Waals surface area contributed by atoms with Crippen molar-refractivity contribution in [2.24, 2.45) is 5.92 Å². The Labute approximate surface area is 147 Å². The summed E-state index contributed by atoms with van der Waals surface area (Å²) in [7, 11) is 1.63. The molecule has 2 aliphatic heterocycles. The van der Waals surface area contributed by atoms with Crippen LogP contribution in [0.3, 0.4) is 0 Å². The summed E-state index contributed by atoms with van der Waals surface area (Å²) in [5, 5.41) is 15.7. The molecule has 1 amide bonds. The van der Waals surface area contributed by atoms with Crippen LogP contribution in [0.25, 0.3) is 0 Å². The first kappa shape index (κ1) is 18.5. The number of carboxylic acid groups (broad SMARTS) is 1. The standard InChI is InChI=1S/C16H29N5O4/c1-25-10-2-3-11(16(23)24)13(8-10)18-15(22)12-4-5-14(20-19-12)21-7-6-17-9-21/h10-14,17,19-20H,2-9H2,1H3,(H,18,22)(H,23,24). The summed E-state index contributed by atoms with van der Waals surface area (Å²) in [5.41, 5.74) is 6.31. The molecular weight excluding hydrogens is 326 g/mol. The van der Waals surface area contributed by atoms with Gasteiger partial charge in [-0.2, -0.15) is 0 Å². The van der Waals surface area contributed by atoms with E-state index in [1.54, 1.807) is 7.11 Å². The van der Waals surface area contributed by atoms with Crippen molar-refractivity contribution < 1.29 is 19.4 Å². The van der Waals surface area contributed by atoms with Crippen molar-refractivity contribution in [3.8, 4) is 0 Å². The van der Waals surface area contributed by atoms with Gasteiger partial charge in [-0.25, -0.2) is 10.9 Å². The Hall–Kier alpha value is -1.26. The lowest BCUT2D eigenvalue weighted by atomic mass is 9.82. The summed E-state index contributed by atoms with van der Waals surface area (Å²) in [6, 6.07) is -0.727. The van der Waals surface area contributed by atoms with E-state index in [2.05, 4.69) is 26.4 Å². The number of nitrogens with one attached hydrogen (secondary N) is 4. The fourth-order valence-electron chi connectivity index (χ4n) is 4.01. The number of aliphatic carboxylic acids is 1. The molecule has 1 aliphatic carbocycles. The fraction of sp³-hybridized carbons (Fsp3) is 0.875. The highest BCUT2D eigenvalue weighted by atomic mass is 16.5. The summed E-state index contributed by atoms with van der Waals surface area (Å²) in [5.74, 6) is -1.54. The Kier molecular flexibility index (Phi) is 6.24. The predicted molar refractivity (Wildman–Crippen MR) is 90.4 cm³/mol. The Morgan fingerprint density at radius 2 is 2.04 bits per heavy atom. The molecule has 5 unspecified atom stereocenters. The maximum absolute atomic E-state index is 12.6. The topological polar surface area (TPSA) is 115 Å². The summed E-state index contributed by atoms with van der Waals surface area (Å²) in [6.07, 6.45) is 3.61. The van der Waals surface area contributed by atoms with E-state index in [4.69, 9.17) is 4.74 Å². The lowest BCUT2D eigenvalue weighted by Crippen LogP contribution is -2.63. The highest BCUT2D eigenvalue weighted by Gasteiger charge is 2.38. The van der Waals surface area contributed by atoms with Crippen molar-refractivity contribution in [3.63, 3.8) is 0 Å². The number of methoxy groups -OCH3 is 1. The van der Waals surface area contributed by atoms with Crippen molar-refractivity contribution in [2.45, 2.75) is 56.5 Å². The van der Waals surface area contributed by atoms with Crippen molar-refractivity contribution in [1.82, 2.24) is 26.4 Å². The third-order valence-electron chi connectivity index (χ3n) is 5.58. The van der Waals surface area contributed by atoms with Gasteiger partial charge in [-0.1, -0.05) is 0 Å². The number of ether oxygens (including phenoxy) is 1. The number of nitrogens with zero attached hydrogens (tertiary/aromatic N) is 1. The van der Waals surface area contributed by atoms with E-state index in [0.717, 1.165) is 32.6 Å². The van der Waals surface area contributed by atoms with Crippen LogP contribution in [0.1, 0.15) is 32.1 Å². The van der Waals surface area contributed by atoms with Crippen LogP contribution in [0, 0.1) is 5.92 Å². The van der Waals surface area contributed by atoms with Gasteiger partial charge in [-0.15, -0.1) is 0 Å². The second kappa shape index (κ2) is 8.41. The van der Waals surface area contributed by atoms with Gasteiger partial charge in [0.25, 0.3) is 0 Å². The van der Waals surface area contributed by atoms with E-state index >= 15 is 0 Å². The predicted octanol–water partition coefficient (Wildman–Crippen LogP) is -1.18. The molecule has 0 spiro atoms. The number of hydrogen-bond acceptors (Lipinski definition) is 7. The van der Waals surface area contributed by atoms with Crippen molar-refractivity contribution in [1.29, 1.82) is 0 Å². The number of amides is 1. The third kappa shape index (κ3) is 4.48. The van der Waals surface area contributed by atoms with Gasteiger partial charge in [0, 0.05) is 32.9 Å². The first-order chi connectivity index (χ1) is 12.1. The van der Waals surface area contributed by atoms with Gasteiger partial charge in [-0.05, 0) is 32.1 Å². The highest BCUT2D eigenvalue weighted by Crippen LogP contribution is 2.27. The molecule has 0 aromatic rings. The van der Waals surface area contributed by atoms with Gasteiger partial charge in [0.05, 0.1) is 18.2 Å². The van der Waals surface area contributed by atoms with Crippen LogP contribution in [0.4, 0.5) is 0 Å². The van der Waals surface area contributed by atoms with Gasteiger partial charge < -0.3 is 20.5 Å². The first-order valence-corrected chi connectivity index (χ1v) is 9.10. The first-order valence-electron chi connectivity index (χ1n) is 9.10. The molecule has 3 aliphatic rings. The van der Waals surface area contributed by atoms with Crippen molar-refractivity contribution in [3.05, 3.63) is 0 Å². The van der Waals surface area contributed by atoms with E-state index in [1.807, 2.05) is 0 Å². The maximum Gasteiger partial charge on any atom is 0.308 e. The number of rotatable bonds is 5. The molecule has 9 nitrogen and oxygen atoms in total. The van der Waals surface area contributed by atoms with Gasteiger partial charge >= 0.3 is 5.97 Å². The van der Waals surface area contributed by atoms with Gasteiger partial charge in [-0.3, -0.25) is 14.5 Å².